The van der Waals surface area contributed by atoms with E-state index in [1.54, 1.807) is 18.2 Å². The number of aryl methyl sites for hydroxylation is 1. The third kappa shape index (κ3) is 1.62. The van der Waals surface area contributed by atoms with Crippen molar-refractivity contribution >= 4 is 5.91 Å². The highest BCUT2D eigenvalue weighted by Gasteiger charge is 2.35. The lowest BCUT2D eigenvalue weighted by atomic mass is 10.1. The number of nitrogens with zero attached hydrogens (tertiary/aromatic N) is 1. The molecule has 1 aliphatic rings. The molecule has 18 heavy (non-hydrogen) atoms. The Morgan fingerprint density at radius 2 is 2.06 bits per heavy atom. The first-order valence-electron chi connectivity index (χ1n) is 5.80. The second kappa shape index (κ2) is 3.99. The van der Waals surface area contributed by atoms with Gasteiger partial charge in [-0.15, -0.1) is 0 Å². The molecule has 1 aromatic heterocycles. The highest BCUT2D eigenvalue weighted by Crippen LogP contribution is 2.32. The SMILES string of the molecule is Cc1ccc(CN2C(=O)c3ccccc3[C@@H]2O)o1. The standard InChI is InChI=1S/C14H13NO3/c1-9-6-7-10(18-9)8-15-13(16)11-4-2-3-5-12(11)14(15)17/h2-7,13,16H,8H2,1H3/t13-/m0/s1. The van der Waals surface area contributed by atoms with Crippen molar-refractivity contribution in [3.05, 3.63) is 59.0 Å². The average molecular weight is 243 g/mol. The van der Waals surface area contributed by atoms with Gasteiger partial charge in [-0.05, 0) is 25.1 Å². The number of aliphatic hydroxyl groups is 1. The largest absolute Gasteiger partial charge is 0.464 e. The zero-order chi connectivity index (χ0) is 12.7. The topological polar surface area (TPSA) is 53.7 Å². The van der Waals surface area contributed by atoms with E-state index in [2.05, 4.69) is 0 Å². The smallest absolute Gasteiger partial charge is 0.257 e. The Bertz CT molecular complexity index is 603. The number of carbonyl (C=O) groups is 1. The van der Waals surface area contributed by atoms with E-state index in [0.717, 1.165) is 5.76 Å². The Balaban J connectivity index is 1.90. The second-order valence-corrected chi connectivity index (χ2v) is 4.41. The van der Waals surface area contributed by atoms with E-state index < -0.39 is 6.23 Å². The summed E-state index contributed by atoms with van der Waals surface area (Å²) < 4.78 is 5.44. The molecular weight excluding hydrogens is 230 g/mol. The maximum atomic E-state index is 12.1. The molecule has 3 rings (SSSR count). The van der Waals surface area contributed by atoms with Crippen molar-refractivity contribution in [2.45, 2.75) is 19.7 Å². The molecule has 1 amide bonds. The lowest BCUT2D eigenvalue weighted by Crippen LogP contribution is -2.27. The fourth-order valence-electron chi connectivity index (χ4n) is 2.25. The number of rotatable bonds is 2. The van der Waals surface area contributed by atoms with E-state index in [0.29, 0.717) is 16.9 Å². The second-order valence-electron chi connectivity index (χ2n) is 4.41. The first-order chi connectivity index (χ1) is 8.66. The van der Waals surface area contributed by atoms with Gasteiger partial charge in [-0.25, -0.2) is 0 Å². The van der Waals surface area contributed by atoms with Crippen LogP contribution in [0.25, 0.3) is 0 Å². The Hall–Kier alpha value is -2.07. The van der Waals surface area contributed by atoms with Gasteiger partial charge >= 0.3 is 0 Å². The highest BCUT2D eigenvalue weighted by atomic mass is 16.3. The Morgan fingerprint density at radius 1 is 1.28 bits per heavy atom. The van der Waals surface area contributed by atoms with Gasteiger partial charge in [-0.2, -0.15) is 0 Å². The van der Waals surface area contributed by atoms with Crippen molar-refractivity contribution in [2.75, 3.05) is 0 Å². The molecule has 0 radical (unpaired) electrons. The first kappa shape index (κ1) is 11.0. The van der Waals surface area contributed by atoms with E-state index in [4.69, 9.17) is 4.42 Å². The van der Waals surface area contributed by atoms with E-state index in [9.17, 15) is 9.90 Å². The third-order valence-corrected chi connectivity index (χ3v) is 3.15. The quantitative estimate of drug-likeness (QED) is 0.880. The summed E-state index contributed by atoms with van der Waals surface area (Å²) in [4.78, 5) is 13.5. The van der Waals surface area contributed by atoms with Gasteiger partial charge in [0.25, 0.3) is 5.91 Å². The summed E-state index contributed by atoms with van der Waals surface area (Å²) in [7, 11) is 0. The molecule has 1 N–H and O–H groups in total. The van der Waals surface area contributed by atoms with Crippen molar-refractivity contribution in [3.63, 3.8) is 0 Å². The molecule has 0 saturated carbocycles. The van der Waals surface area contributed by atoms with E-state index in [-0.39, 0.29) is 12.5 Å². The van der Waals surface area contributed by atoms with Crippen LogP contribution in [0, 0.1) is 6.92 Å². The van der Waals surface area contributed by atoms with Crippen LogP contribution in [0.2, 0.25) is 0 Å². The van der Waals surface area contributed by atoms with Crippen molar-refractivity contribution in [1.29, 1.82) is 0 Å². The summed E-state index contributed by atoms with van der Waals surface area (Å²) in [6, 6.07) is 10.8. The van der Waals surface area contributed by atoms with Crippen molar-refractivity contribution < 1.29 is 14.3 Å². The minimum Gasteiger partial charge on any atom is -0.464 e. The van der Waals surface area contributed by atoms with Crippen LogP contribution >= 0.6 is 0 Å². The molecule has 2 aromatic rings. The minimum atomic E-state index is -0.890. The van der Waals surface area contributed by atoms with Gasteiger partial charge in [0, 0.05) is 11.1 Å². The van der Waals surface area contributed by atoms with Crippen LogP contribution in [0.3, 0.4) is 0 Å². The lowest BCUT2D eigenvalue weighted by Gasteiger charge is -2.19. The summed E-state index contributed by atoms with van der Waals surface area (Å²) in [6.45, 7) is 2.13. The van der Waals surface area contributed by atoms with Gasteiger partial charge in [0.15, 0.2) is 6.23 Å². The number of carbonyl (C=O) groups excluding carboxylic acids is 1. The number of benzene rings is 1. The zero-order valence-corrected chi connectivity index (χ0v) is 9.96. The van der Waals surface area contributed by atoms with Crippen molar-refractivity contribution in [3.8, 4) is 0 Å². The molecule has 4 nitrogen and oxygen atoms in total. The first-order valence-corrected chi connectivity index (χ1v) is 5.80. The molecule has 1 aliphatic heterocycles. The normalized spacial score (nSPS) is 18.2. The fraction of sp³-hybridized carbons (Fsp3) is 0.214. The van der Waals surface area contributed by atoms with Crippen LogP contribution in [0.5, 0.6) is 0 Å². The van der Waals surface area contributed by atoms with Gasteiger partial charge in [0.1, 0.15) is 11.5 Å². The number of fused-ring (bicyclic) bond motifs is 1. The number of amides is 1. The minimum absolute atomic E-state index is 0.160. The van der Waals surface area contributed by atoms with Crippen LogP contribution in [-0.4, -0.2) is 15.9 Å². The molecular formula is C14H13NO3. The molecule has 2 heterocycles. The van der Waals surface area contributed by atoms with Gasteiger partial charge in [-0.1, -0.05) is 18.2 Å². The van der Waals surface area contributed by atoms with Gasteiger partial charge in [-0.3, -0.25) is 4.79 Å². The molecule has 0 spiro atoms. The lowest BCUT2D eigenvalue weighted by molar-refractivity contribution is 0.0108. The predicted molar refractivity (Wildman–Crippen MR) is 64.7 cm³/mol. The number of hydrogen-bond donors (Lipinski definition) is 1. The summed E-state index contributed by atoms with van der Waals surface area (Å²) in [5.41, 5.74) is 1.22. The van der Waals surface area contributed by atoms with Gasteiger partial charge in [0.2, 0.25) is 0 Å². The van der Waals surface area contributed by atoms with Crippen LogP contribution in [0.1, 0.15) is 33.7 Å². The van der Waals surface area contributed by atoms with Crippen molar-refractivity contribution in [1.82, 2.24) is 4.90 Å². The zero-order valence-electron chi connectivity index (χ0n) is 9.96. The summed E-state index contributed by atoms with van der Waals surface area (Å²) in [5, 5.41) is 10.1. The predicted octanol–water partition coefficient (Wildman–Crippen LogP) is 2.23. The molecule has 92 valence electrons. The molecule has 0 bridgehead atoms. The van der Waals surface area contributed by atoms with E-state index >= 15 is 0 Å². The summed E-state index contributed by atoms with van der Waals surface area (Å²) in [5.74, 6) is 1.31. The van der Waals surface area contributed by atoms with Gasteiger partial charge < -0.3 is 14.4 Å². The maximum absolute atomic E-state index is 12.1. The third-order valence-electron chi connectivity index (χ3n) is 3.15. The molecule has 4 heteroatoms. The molecule has 1 atom stereocenters. The number of hydrogen-bond acceptors (Lipinski definition) is 3. The van der Waals surface area contributed by atoms with E-state index in [1.807, 2.05) is 25.1 Å². The molecule has 0 aliphatic carbocycles. The average Bonchev–Trinajstić information content (AvgIpc) is 2.88. The van der Waals surface area contributed by atoms with Gasteiger partial charge in [0.05, 0.1) is 6.54 Å². The Kier molecular flexibility index (Phi) is 2.45. The number of aliphatic hydroxyl groups excluding tert-OH is 1. The summed E-state index contributed by atoms with van der Waals surface area (Å²) in [6.07, 6.45) is -0.890. The Labute approximate surface area is 104 Å². The highest BCUT2D eigenvalue weighted by molar-refractivity contribution is 5.98. The molecule has 0 saturated heterocycles. The van der Waals surface area contributed by atoms with E-state index in [1.165, 1.54) is 4.90 Å². The van der Waals surface area contributed by atoms with Crippen molar-refractivity contribution in [2.24, 2.45) is 0 Å². The van der Waals surface area contributed by atoms with Crippen LogP contribution in [0.15, 0.2) is 40.8 Å². The number of furan rings is 1. The van der Waals surface area contributed by atoms with Crippen LogP contribution in [0.4, 0.5) is 0 Å². The summed E-state index contributed by atoms with van der Waals surface area (Å²) >= 11 is 0. The monoisotopic (exact) mass is 243 g/mol. The molecule has 0 fully saturated rings. The maximum Gasteiger partial charge on any atom is 0.257 e. The Morgan fingerprint density at radius 3 is 2.72 bits per heavy atom. The molecule has 1 aromatic carbocycles. The van der Waals surface area contributed by atoms with Crippen LogP contribution in [-0.2, 0) is 6.54 Å². The fourth-order valence-corrected chi connectivity index (χ4v) is 2.25. The molecule has 0 unspecified atom stereocenters. The van der Waals surface area contributed by atoms with Crippen LogP contribution < -0.4 is 0 Å².